The van der Waals surface area contributed by atoms with Crippen LogP contribution < -0.4 is 9.64 Å². The fraction of sp³-hybridized carbons (Fsp3) is 0.269. The summed E-state index contributed by atoms with van der Waals surface area (Å²) in [5.74, 6) is -0.490. The van der Waals surface area contributed by atoms with Crippen molar-refractivity contribution in [1.82, 2.24) is 19.9 Å². The Hall–Kier alpha value is -4.07. The lowest BCUT2D eigenvalue weighted by Gasteiger charge is -2.23. The third-order valence-electron chi connectivity index (χ3n) is 5.56. The summed E-state index contributed by atoms with van der Waals surface area (Å²) in [6, 6.07) is 15.4. The second kappa shape index (κ2) is 10.7. The number of para-hydroxylation sites is 2. The Morgan fingerprint density at radius 3 is 2.35 bits per heavy atom. The van der Waals surface area contributed by atoms with Crippen LogP contribution in [0.5, 0.6) is 5.88 Å². The number of carboxylic acid groups (broad SMARTS) is 1. The van der Waals surface area contributed by atoms with Crippen LogP contribution in [0.3, 0.4) is 0 Å². The van der Waals surface area contributed by atoms with E-state index < -0.39 is 5.97 Å². The molecule has 4 aromatic rings. The normalized spacial score (nSPS) is 10.9. The average molecular weight is 458 g/mol. The first-order valence-corrected chi connectivity index (χ1v) is 11.3. The van der Waals surface area contributed by atoms with Crippen LogP contribution in [0, 0.1) is 6.92 Å². The number of aromatic nitrogens is 4. The van der Waals surface area contributed by atoms with Gasteiger partial charge in [0.1, 0.15) is 0 Å². The van der Waals surface area contributed by atoms with Crippen molar-refractivity contribution in [3.8, 4) is 5.88 Å². The summed E-state index contributed by atoms with van der Waals surface area (Å²) in [7, 11) is 0. The zero-order valence-corrected chi connectivity index (χ0v) is 19.3. The second-order valence-electron chi connectivity index (χ2n) is 7.97. The monoisotopic (exact) mass is 457 g/mol. The summed E-state index contributed by atoms with van der Waals surface area (Å²) < 4.78 is 5.78. The van der Waals surface area contributed by atoms with E-state index in [9.17, 15) is 9.90 Å². The van der Waals surface area contributed by atoms with Gasteiger partial charge in [0.2, 0.25) is 17.5 Å². The summed E-state index contributed by atoms with van der Waals surface area (Å²) in [5.41, 5.74) is 4.40. The first-order valence-electron chi connectivity index (χ1n) is 11.3. The summed E-state index contributed by atoms with van der Waals surface area (Å²) in [4.78, 5) is 31.5. The van der Waals surface area contributed by atoms with Gasteiger partial charge < -0.3 is 14.7 Å². The predicted molar refractivity (Wildman–Crippen MR) is 130 cm³/mol. The molecule has 0 bridgehead atoms. The van der Waals surface area contributed by atoms with E-state index in [0.717, 1.165) is 12.0 Å². The van der Waals surface area contributed by atoms with Crippen molar-refractivity contribution in [2.45, 2.75) is 33.2 Å². The number of aryl methyl sites for hydroxylation is 2. The Balaban J connectivity index is 1.47. The van der Waals surface area contributed by atoms with Gasteiger partial charge in [-0.25, -0.2) is 24.7 Å². The SMILES string of the molecule is CCc1cnc(N(CCCOc2nc3ccccc3nc2C(=O)O)Cc2ccccc2C)nc1. The van der Waals surface area contributed by atoms with E-state index in [-0.39, 0.29) is 18.2 Å². The average Bonchev–Trinajstić information content (AvgIpc) is 2.86. The van der Waals surface area contributed by atoms with Crippen LogP contribution in [0.4, 0.5) is 5.95 Å². The Morgan fingerprint density at radius 2 is 1.68 bits per heavy atom. The molecule has 0 spiro atoms. The van der Waals surface area contributed by atoms with E-state index in [1.807, 2.05) is 30.6 Å². The molecule has 4 rings (SSSR count). The number of anilines is 1. The van der Waals surface area contributed by atoms with Gasteiger partial charge in [-0.05, 0) is 48.6 Å². The fourth-order valence-corrected chi connectivity index (χ4v) is 3.58. The third kappa shape index (κ3) is 5.46. The van der Waals surface area contributed by atoms with Crippen molar-refractivity contribution >= 4 is 23.0 Å². The van der Waals surface area contributed by atoms with Gasteiger partial charge in [0.05, 0.1) is 17.6 Å². The van der Waals surface area contributed by atoms with Gasteiger partial charge in [-0.15, -0.1) is 0 Å². The highest BCUT2D eigenvalue weighted by Gasteiger charge is 2.17. The number of fused-ring (bicyclic) bond motifs is 1. The van der Waals surface area contributed by atoms with E-state index in [4.69, 9.17) is 4.74 Å². The minimum absolute atomic E-state index is 0.0280. The molecule has 0 aliphatic rings. The maximum Gasteiger partial charge on any atom is 0.360 e. The van der Waals surface area contributed by atoms with Crippen molar-refractivity contribution in [2.24, 2.45) is 0 Å². The van der Waals surface area contributed by atoms with Crippen molar-refractivity contribution in [3.05, 3.63) is 83.3 Å². The van der Waals surface area contributed by atoms with E-state index in [1.165, 1.54) is 11.1 Å². The molecule has 0 fully saturated rings. The molecule has 2 aromatic heterocycles. The third-order valence-corrected chi connectivity index (χ3v) is 5.56. The quantitative estimate of drug-likeness (QED) is 0.348. The molecular formula is C26H27N5O3. The Labute approximate surface area is 198 Å². The predicted octanol–water partition coefficient (Wildman–Crippen LogP) is 4.46. The highest BCUT2D eigenvalue weighted by Crippen LogP contribution is 2.20. The van der Waals surface area contributed by atoms with E-state index in [0.29, 0.717) is 36.5 Å². The Morgan fingerprint density at radius 1 is 1.00 bits per heavy atom. The van der Waals surface area contributed by atoms with Gasteiger partial charge in [0, 0.05) is 25.5 Å². The second-order valence-corrected chi connectivity index (χ2v) is 7.97. The molecule has 0 radical (unpaired) electrons. The largest absolute Gasteiger partial charge is 0.476 e. The molecule has 0 aliphatic carbocycles. The molecule has 0 unspecified atom stereocenters. The Kier molecular flexibility index (Phi) is 7.27. The van der Waals surface area contributed by atoms with E-state index in [1.54, 1.807) is 18.2 Å². The molecule has 1 N–H and O–H groups in total. The molecule has 0 saturated heterocycles. The van der Waals surface area contributed by atoms with Gasteiger partial charge in [-0.2, -0.15) is 0 Å². The highest BCUT2D eigenvalue weighted by atomic mass is 16.5. The number of hydrogen-bond donors (Lipinski definition) is 1. The first-order chi connectivity index (χ1) is 16.5. The molecule has 2 heterocycles. The summed E-state index contributed by atoms with van der Waals surface area (Å²) in [5, 5.41) is 9.54. The molecule has 34 heavy (non-hydrogen) atoms. The van der Waals surface area contributed by atoms with Gasteiger partial charge in [-0.1, -0.05) is 43.3 Å². The molecule has 8 nitrogen and oxygen atoms in total. The van der Waals surface area contributed by atoms with Crippen LogP contribution in [0.25, 0.3) is 11.0 Å². The fourth-order valence-electron chi connectivity index (χ4n) is 3.58. The summed E-state index contributed by atoms with van der Waals surface area (Å²) in [6.45, 7) is 5.73. The maximum atomic E-state index is 11.7. The minimum atomic E-state index is -1.17. The molecule has 174 valence electrons. The smallest absolute Gasteiger partial charge is 0.360 e. The van der Waals surface area contributed by atoms with Gasteiger partial charge >= 0.3 is 5.97 Å². The number of carbonyl (C=O) groups is 1. The van der Waals surface area contributed by atoms with Crippen LogP contribution in [0.15, 0.2) is 60.9 Å². The van der Waals surface area contributed by atoms with Crippen molar-refractivity contribution in [3.63, 3.8) is 0 Å². The lowest BCUT2D eigenvalue weighted by Crippen LogP contribution is -2.27. The number of hydrogen-bond acceptors (Lipinski definition) is 7. The summed E-state index contributed by atoms with van der Waals surface area (Å²) >= 11 is 0. The highest BCUT2D eigenvalue weighted by molar-refractivity contribution is 5.90. The zero-order valence-electron chi connectivity index (χ0n) is 19.3. The molecular weight excluding hydrogens is 430 g/mol. The topological polar surface area (TPSA) is 101 Å². The Bertz CT molecular complexity index is 1280. The van der Waals surface area contributed by atoms with Gasteiger partial charge in [0.15, 0.2) is 0 Å². The first kappa shape index (κ1) is 23.1. The van der Waals surface area contributed by atoms with Gasteiger partial charge in [-0.3, -0.25) is 0 Å². The van der Waals surface area contributed by atoms with E-state index >= 15 is 0 Å². The standard InChI is InChI=1S/C26H27N5O3/c1-3-19-15-27-26(28-16-19)31(17-20-10-5-4-9-18(20)2)13-8-14-34-24-23(25(32)33)29-21-11-6-7-12-22(21)30-24/h4-7,9-12,15-16H,3,8,13-14,17H2,1-2H3,(H,32,33). The van der Waals surface area contributed by atoms with Crippen LogP contribution in [-0.2, 0) is 13.0 Å². The van der Waals surface area contributed by atoms with Gasteiger partial charge in [0.25, 0.3) is 0 Å². The number of ether oxygens (including phenoxy) is 1. The molecule has 8 heteroatoms. The lowest BCUT2D eigenvalue weighted by molar-refractivity contribution is 0.0684. The van der Waals surface area contributed by atoms with Crippen LogP contribution in [0.2, 0.25) is 0 Å². The molecule has 0 amide bonds. The van der Waals surface area contributed by atoms with Crippen molar-refractivity contribution in [1.29, 1.82) is 0 Å². The lowest BCUT2D eigenvalue weighted by atomic mass is 10.1. The molecule has 0 aliphatic heterocycles. The van der Waals surface area contributed by atoms with Crippen LogP contribution in [-0.4, -0.2) is 44.2 Å². The van der Waals surface area contributed by atoms with Crippen molar-refractivity contribution in [2.75, 3.05) is 18.1 Å². The number of aromatic carboxylic acids is 1. The number of carboxylic acids is 1. The van der Waals surface area contributed by atoms with Crippen LogP contribution in [0.1, 0.15) is 40.5 Å². The van der Waals surface area contributed by atoms with Crippen molar-refractivity contribution < 1.29 is 14.6 Å². The molecule has 0 saturated carbocycles. The van der Waals surface area contributed by atoms with E-state index in [2.05, 4.69) is 50.8 Å². The maximum absolute atomic E-state index is 11.7. The van der Waals surface area contributed by atoms with Crippen LogP contribution >= 0.6 is 0 Å². The number of benzene rings is 2. The molecule has 0 atom stereocenters. The number of rotatable bonds is 10. The molecule has 2 aromatic carbocycles. The minimum Gasteiger partial charge on any atom is -0.476 e. The zero-order chi connectivity index (χ0) is 23.9. The summed E-state index contributed by atoms with van der Waals surface area (Å²) in [6.07, 6.45) is 5.21. The number of nitrogens with zero attached hydrogens (tertiary/aromatic N) is 5.